The van der Waals surface area contributed by atoms with Crippen LogP contribution in [0.15, 0.2) is 0 Å². The molecule has 108 valence electrons. The number of piperidine rings is 1. The average Bonchev–Trinajstić information content (AvgIpc) is 3.05. The predicted octanol–water partition coefficient (Wildman–Crippen LogP) is 0.884. The van der Waals surface area contributed by atoms with Crippen molar-refractivity contribution in [2.24, 2.45) is 0 Å². The number of nitrogens with zero attached hydrogens (tertiary/aromatic N) is 1. The van der Waals surface area contributed by atoms with E-state index in [-0.39, 0.29) is 11.7 Å². The monoisotopic (exact) mass is 268 g/mol. The zero-order valence-corrected chi connectivity index (χ0v) is 11.5. The summed E-state index contributed by atoms with van der Waals surface area (Å²) in [6, 6.07) is 0.421. The Morgan fingerprint density at radius 3 is 2.42 bits per heavy atom. The third kappa shape index (κ3) is 3.27. The molecule has 5 heteroatoms. The van der Waals surface area contributed by atoms with Crippen molar-refractivity contribution in [1.29, 1.82) is 0 Å². The molecule has 1 N–H and O–H groups in total. The molecule has 1 spiro atoms. The van der Waals surface area contributed by atoms with Crippen LogP contribution in [0.5, 0.6) is 0 Å². The first-order valence-electron chi connectivity index (χ1n) is 7.55. The van der Waals surface area contributed by atoms with E-state index in [1.807, 2.05) is 0 Å². The van der Waals surface area contributed by atoms with E-state index in [0.717, 1.165) is 38.8 Å². The number of rotatable bonds is 3. The molecule has 1 aliphatic carbocycles. The highest BCUT2D eigenvalue weighted by atomic mass is 16.7. The number of carbonyl (C=O) groups excluding carboxylic acids is 1. The van der Waals surface area contributed by atoms with Gasteiger partial charge < -0.3 is 14.8 Å². The number of hydrogen-bond acceptors (Lipinski definition) is 4. The first-order valence-corrected chi connectivity index (χ1v) is 7.55. The standard InChI is InChI=1S/C14H24N2O3/c17-13(15-12-3-1-2-4-12)11-16-7-5-14(6-8-16)18-9-10-19-14/h12H,1-11H2,(H,15,17). The van der Waals surface area contributed by atoms with Gasteiger partial charge >= 0.3 is 0 Å². The number of carbonyl (C=O) groups is 1. The number of nitrogens with one attached hydrogen (secondary N) is 1. The lowest BCUT2D eigenvalue weighted by Gasteiger charge is -2.37. The molecule has 3 fully saturated rings. The lowest BCUT2D eigenvalue weighted by molar-refractivity contribution is -0.185. The number of amides is 1. The quantitative estimate of drug-likeness (QED) is 0.825. The third-order valence-corrected chi connectivity index (χ3v) is 4.52. The fourth-order valence-electron chi connectivity index (χ4n) is 3.38. The van der Waals surface area contributed by atoms with Crippen LogP contribution < -0.4 is 5.32 Å². The topological polar surface area (TPSA) is 50.8 Å². The summed E-state index contributed by atoms with van der Waals surface area (Å²) in [6.45, 7) is 3.72. The fourth-order valence-corrected chi connectivity index (χ4v) is 3.38. The van der Waals surface area contributed by atoms with E-state index >= 15 is 0 Å². The van der Waals surface area contributed by atoms with Crippen molar-refractivity contribution >= 4 is 5.91 Å². The van der Waals surface area contributed by atoms with Gasteiger partial charge in [-0.25, -0.2) is 0 Å². The van der Waals surface area contributed by atoms with Gasteiger partial charge in [-0.15, -0.1) is 0 Å². The van der Waals surface area contributed by atoms with Crippen LogP contribution in [0.2, 0.25) is 0 Å². The molecule has 2 heterocycles. The first-order chi connectivity index (χ1) is 9.26. The van der Waals surface area contributed by atoms with Crippen molar-refractivity contribution in [3.8, 4) is 0 Å². The van der Waals surface area contributed by atoms with Crippen LogP contribution in [-0.2, 0) is 14.3 Å². The predicted molar refractivity (Wildman–Crippen MR) is 70.7 cm³/mol. The summed E-state index contributed by atoms with van der Waals surface area (Å²) in [5.41, 5.74) is 0. The molecule has 0 aromatic carbocycles. The van der Waals surface area contributed by atoms with E-state index in [1.165, 1.54) is 12.8 Å². The van der Waals surface area contributed by atoms with Crippen molar-refractivity contribution in [1.82, 2.24) is 10.2 Å². The van der Waals surface area contributed by atoms with Crippen LogP contribution >= 0.6 is 0 Å². The van der Waals surface area contributed by atoms with Gasteiger partial charge in [0.1, 0.15) is 0 Å². The molecule has 0 bridgehead atoms. The smallest absolute Gasteiger partial charge is 0.234 e. The van der Waals surface area contributed by atoms with Gasteiger partial charge in [-0.05, 0) is 12.8 Å². The Morgan fingerprint density at radius 2 is 1.79 bits per heavy atom. The Hall–Kier alpha value is -0.650. The Kier molecular flexibility index (Phi) is 4.05. The highest BCUT2D eigenvalue weighted by molar-refractivity contribution is 5.78. The summed E-state index contributed by atoms with van der Waals surface area (Å²) >= 11 is 0. The Balaban J connectivity index is 1.40. The van der Waals surface area contributed by atoms with Crippen molar-refractivity contribution in [3.63, 3.8) is 0 Å². The molecule has 2 saturated heterocycles. The molecule has 2 aliphatic heterocycles. The van der Waals surface area contributed by atoms with Gasteiger partial charge in [-0.3, -0.25) is 9.69 Å². The summed E-state index contributed by atoms with van der Waals surface area (Å²) in [7, 11) is 0. The fraction of sp³-hybridized carbons (Fsp3) is 0.929. The van der Waals surface area contributed by atoms with E-state index in [9.17, 15) is 4.79 Å². The van der Waals surface area contributed by atoms with E-state index in [2.05, 4.69) is 10.2 Å². The van der Waals surface area contributed by atoms with E-state index in [1.54, 1.807) is 0 Å². The van der Waals surface area contributed by atoms with E-state index < -0.39 is 0 Å². The van der Waals surface area contributed by atoms with E-state index in [0.29, 0.717) is 25.8 Å². The minimum atomic E-state index is -0.335. The van der Waals surface area contributed by atoms with Gasteiger partial charge in [-0.2, -0.15) is 0 Å². The molecule has 3 rings (SSSR count). The highest BCUT2D eigenvalue weighted by Crippen LogP contribution is 2.31. The molecule has 0 atom stereocenters. The number of likely N-dealkylation sites (tertiary alicyclic amines) is 1. The maximum atomic E-state index is 12.0. The SMILES string of the molecule is O=C(CN1CCC2(CC1)OCCO2)NC1CCCC1. The second-order valence-electron chi connectivity index (χ2n) is 5.93. The first kappa shape index (κ1) is 13.3. The lowest BCUT2D eigenvalue weighted by Crippen LogP contribution is -2.49. The molecule has 19 heavy (non-hydrogen) atoms. The van der Waals surface area contributed by atoms with Crippen LogP contribution in [0.4, 0.5) is 0 Å². The van der Waals surface area contributed by atoms with Crippen LogP contribution in [0, 0.1) is 0 Å². The molecular formula is C14H24N2O3. The number of ether oxygens (including phenoxy) is 2. The van der Waals surface area contributed by atoms with Crippen LogP contribution in [0.1, 0.15) is 38.5 Å². The van der Waals surface area contributed by atoms with Gasteiger partial charge in [-0.1, -0.05) is 12.8 Å². The van der Waals surface area contributed by atoms with Crippen LogP contribution in [0.3, 0.4) is 0 Å². The second-order valence-corrected chi connectivity index (χ2v) is 5.93. The third-order valence-electron chi connectivity index (χ3n) is 4.52. The molecule has 0 unspecified atom stereocenters. The normalized spacial score (nSPS) is 28.0. The van der Waals surface area contributed by atoms with Crippen molar-refractivity contribution in [2.75, 3.05) is 32.8 Å². The molecule has 1 amide bonds. The minimum Gasteiger partial charge on any atom is -0.352 e. The van der Waals surface area contributed by atoms with Gasteiger partial charge in [0.2, 0.25) is 5.91 Å². The summed E-state index contributed by atoms with van der Waals surface area (Å²) < 4.78 is 11.4. The molecule has 5 nitrogen and oxygen atoms in total. The van der Waals surface area contributed by atoms with E-state index in [4.69, 9.17) is 9.47 Å². The van der Waals surface area contributed by atoms with Crippen LogP contribution in [0.25, 0.3) is 0 Å². The summed E-state index contributed by atoms with van der Waals surface area (Å²) in [5.74, 6) is -0.158. The molecule has 3 aliphatic rings. The molecule has 1 saturated carbocycles. The van der Waals surface area contributed by atoms with Crippen molar-refractivity contribution < 1.29 is 14.3 Å². The molecule has 0 aromatic rings. The highest BCUT2D eigenvalue weighted by Gasteiger charge is 2.39. The van der Waals surface area contributed by atoms with Crippen molar-refractivity contribution in [2.45, 2.75) is 50.4 Å². The van der Waals surface area contributed by atoms with Crippen LogP contribution in [-0.4, -0.2) is 55.5 Å². The Morgan fingerprint density at radius 1 is 1.16 bits per heavy atom. The molecule has 0 aromatic heterocycles. The van der Waals surface area contributed by atoms with Crippen molar-refractivity contribution in [3.05, 3.63) is 0 Å². The van der Waals surface area contributed by atoms with Gasteiger partial charge in [0.25, 0.3) is 0 Å². The Labute approximate surface area is 114 Å². The minimum absolute atomic E-state index is 0.177. The van der Waals surface area contributed by atoms with Gasteiger partial charge in [0.15, 0.2) is 5.79 Å². The summed E-state index contributed by atoms with van der Waals surface area (Å²) in [6.07, 6.45) is 6.57. The zero-order valence-electron chi connectivity index (χ0n) is 11.5. The maximum absolute atomic E-state index is 12.0. The van der Waals surface area contributed by atoms with Gasteiger partial charge in [0, 0.05) is 32.0 Å². The average molecular weight is 268 g/mol. The second kappa shape index (κ2) is 5.77. The number of hydrogen-bond donors (Lipinski definition) is 1. The largest absolute Gasteiger partial charge is 0.352 e. The molecular weight excluding hydrogens is 244 g/mol. The zero-order chi connectivity index (χ0) is 13.1. The summed E-state index contributed by atoms with van der Waals surface area (Å²) in [5, 5.41) is 3.14. The van der Waals surface area contributed by atoms with Gasteiger partial charge in [0.05, 0.1) is 19.8 Å². The Bertz CT molecular complexity index is 313. The summed E-state index contributed by atoms with van der Waals surface area (Å²) in [4.78, 5) is 14.2. The maximum Gasteiger partial charge on any atom is 0.234 e. The molecule has 0 radical (unpaired) electrons. The lowest BCUT2D eigenvalue weighted by atomic mass is 10.0.